The number of benzene rings is 1. The second-order valence-corrected chi connectivity index (χ2v) is 5.49. The number of rotatable bonds is 3. The average molecular weight is 325 g/mol. The summed E-state index contributed by atoms with van der Waals surface area (Å²) in [6.45, 7) is 5.65. The first-order chi connectivity index (χ1) is 11.4. The van der Waals surface area contributed by atoms with Gasteiger partial charge in [-0.25, -0.2) is 4.39 Å². The van der Waals surface area contributed by atoms with Crippen LogP contribution in [0.5, 0.6) is 0 Å². The van der Waals surface area contributed by atoms with Crippen molar-refractivity contribution in [2.24, 2.45) is 0 Å². The van der Waals surface area contributed by atoms with Gasteiger partial charge in [-0.2, -0.15) is 9.90 Å². The molecule has 0 aliphatic rings. The van der Waals surface area contributed by atoms with Gasteiger partial charge in [0.25, 0.3) is 5.91 Å². The lowest BCUT2D eigenvalue weighted by atomic mass is 10.1. The Morgan fingerprint density at radius 2 is 1.88 bits per heavy atom. The van der Waals surface area contributed by atoms with E-state index >= 15 is 0 Å². The topological polar surface area (TPSA) is 72.7 Å². The van der Waals surface area contributed by atoms with Crippen molar-refractivity contribution in [3.8, 4) is 5.69 Å². The third kappa shape index (κ3) is 3.15. The molecule has 1 N–H and O–H groups in total. The van der Waals surface area contributed by atoms with Crippen LogP contribution >= 0.6 is 0 Å². The molecule has 2 aromatic heterocycles. The van der Waals surface area contributed by atoms with E-state index in [2.05, 4.69) is 20.5 Å². The maximum Gasteiger partial charge on any atom is 0.277 e. The Morgan fingerprint density at radius 3 is 2.54 bits per heavy atom. The number of anilines is 1. The lowest BCUT2D eigenvalue weighted by Gasteiger charge is -2.10. The van der Waals surface area contributed by atoms with Crippen molar-refractivity contribution < 1.29 is 9.18 Å². The summed E-state index contributed by atoms with van der Waals surface area (Å²) in [4.78, 5) is 18.0. The second kappa shape index (κ2) is 6.19. The molecule has 1 aromatic carbocycles. The van der Waals surface area contributed by atoms with Crippen molar-refractivity contribution in [2.45, 2.75) is 20.8 Å². The Balaban J connectivity index is 1.83. The summed E-state index contributed by atoms with van der Waals surface area (Å²) in [5.74, 6) is -0.720. The average Bonchev–Trinajstić information content (AvgIpc) is 3.01. The molecule has 7 heteroatoms. The molecule has 0 aliphatic heterocycles. The van der Waals surface area contributed by atoms with E-state index < -0.39 is 0 Å². The standard InChI is InChI=1S/C17H16FN5O/c1-10-8-11(2)20-12(3)16(10)21-17(24)15-9-19-23(22-15)14-6-4-13(18)5-7-14/h4-9H,1-3H3,(H,21,24). The van der Waals surface area contributed by atoms with Gasteiger partial charge in [-0.15, -0.1) is 5.10 Å². The molecule has 6 nitrogen and oxygen atoms in total. The Labute approximate surface area is 138 Å². The van der Waals surface area contributed by atoms with Crippen molar-refractivity contribution >= 4 is 11.6 Å². The Hall–Kier alpha value is -3.09. The molecule has 24 heavy (non-hydrogen) atoms. The molecule has 0 radical (unpaired) electrons. The van der Waals surface area contributed by atoms with Gasteiger partial charge in [0.05, 0.1) is 23.3 Å². The van der Waals surface area contributed by atoms with E-state index in [0.717, 1.165) is 17.0 Å². The highest BCUT2D eigenvalue weighted by atomic mass is 19.1. The van der Waals surface area contributed by atoms with Crippen LogP contribution in [0.2, 0.25) is 0 Å². The summed E-state index contributed by atoms with van der Waals surface area (Å²) in [7, 11) is 0. The Bertz CT molecular complexity index is 879. The fourth-order valence-corrected chi connectivity index (χ4v) is 2.46. The third-order valence-corrected chi connectivity index (χ3v) is 3.55. The van der Waals surface area contributed by atoms with Crippen LogP contribution in [0.3, 0.4) is 0 Å². The summed E-state index contributed by atoms with van der Waals surface area (Å²) in [6.07, 6.45) is 1.37. The van der Waals surface area contributed by atoms with Gasteiger partial charge in [0, 0.05) is 5.69 Å². The van der Waals surface area contributed by atoms with E-state index in [0.29, 0.717) is 11.4 Å². The molecule has 0 saturated heterocycles. The predicted molar refractivity (Wildman–Crippen MR) is 87.7 cm³/mol. The zero-order valence-corrected chi connectivity index (χ0v) is 13.5. The Morgan fingerprint density at radius 1 is 1.17 bits per heavy atom. The van der Waals surface area contributed by atoms with Crippen LogP contribution in [0, 0.1) is 26.6 Å². The zero-order chi connectivity index (χ0) is 17.3. The first-order valence-corrected chi connectivity index (χ1v) is 7.38. The minimum Gasteiger partial charge on any atom is -0.319 e. The number of aryl methyl sites for hydroxylation is 3. The second-order valence-electron chi connectivity index (χ2n) is 5.49. The summed E-state index contributed by atoms with van der Waals surface area (Å²) in [6, 6.07) is 7.59. The number of hydrogen-bond acceptors (Lipinski definition) is 4. The van der Waals surface area contributed by atoms with Gasteiger partial charge >= 0.3 is 0 Å². The normalized spacial score (nSPS) is 10.7. The molecule has 0 aliphatic carbocycles. The third-order valence-electron chi connectivity index (χ3n) is 3.55. The summed E-state index contributed by atoms with van der Waals surface area (Å²) >= 11 is 0. The van der Waals surface area contributed by atoms with E-state index in [1.165, 1.54) is 35.3 Å². The fourth-order valence-electron chi connectivity index (χ4n) is 2.46. The smallest absolute Gasteiger partial charge is 0.277 e. The molecule has 122 valence electrons. The number of pyridine rings is 1. The van der Waals surface area contributed by atoms with Crippen molar-refractivity contribution in [2.75, 3.05) is 5.32 Å². The molecule has 2 heterocycles. The highest BCUT2D eigenvalue weighted by Gasteiger charge is 2.15. The molecule has 0 spiro atoms. The van der Waals surface area contributed by atoms with E-state index in [1.807, 2.05) is 26.8 Å². The van der Waals surface area contributed by atoms with Crippen LogP contribution < -0.4 is 5.32 Å². The number of hydrogen-bond donors (Lipinski definition) is 1. The predicted octanol–water partition coefficient (Wildman–Crippen LogP) is 2.98. The van der Waals surface area contributed by atoms with Gasteiger partial charge in [-0.1, -0.05) is 0 Å². The van der Waals surface area contributed by atoms with Gasteiger partial charge < -0.3 is 5.32 Å². The number of carbonyl (C=O) groups excluding carboxylic acids is 1. The fraction of sp³-hybridized carbons (Fsp3) is 0.176. The highest BCUT2D eigenvalue weighted by Crippen LogP contribution is 2.19. The van der Waals surface area contributed by atoms with Crippen LogP contribution in [0.25, 0.3) is 5.69 Å². The first-order valence-electron chi connectivity index (χ1n) is 7.38. The molecular weight excluding hydrogens is 309 g/mol. The lowest BCUT2D eigenvalue weighted by molar-refractivity contribution is 0.102. The molecule has 0 unspecified atom stereocenters. The summed E-state index contributed by atoms with van der Waals surface area (Å²) < 4.78 is 13.0. The summed E-state index contributed by atoms with van der Waals surface area (Å²) in [5.41, 5.74) is 3.97. The number of aromatic nitrogens is 4. The number of nitrogens with one attached hydrogen (secondary N) is 1. The maximum atomic E-state index is 13.0. The number of amides is 1. The maximum absolute atomic E-state index is 13.0. The largest absolute Gasteiger partial charge is 0.319 e. The van der Waals surface area contributed by atoms with Crippen LogP contribution in [-0.2, 0) is 0 Å². The number of nitrogens with zero attached hydrogens (tertiary/aromatic N) is 4. The lowest BCUT2D eigenvalue weighted by Crippen LogP contribution is -2.15. The SMILES string of the molecule is Cc1cc(C)c(NC(=O)c2cnn(-c3ccc(F)cc3)n2)c(C)n1. The van der Waals surface area contributed by atoms with Crippen LogP contribution in [-0.4, -0.2) is 25.9 Å². The number of halogens is 1. The minimum atomic E-state index is -0.375. The van der Waals surface area contributed by atoms with Gasteiger partial charge in [-0.3, -0.25) is 9.78 Å². The van der Waals surface area contributed by atoms with E-state index in [1.54, 1.807) is 0 Å². The van der Waals surface area contributed by atoms with Crippen molar-refractivity contribution in [3.63, 3.8) is 0 Å². The molecular formula is C17H16FN5O. The van der Waals surface area contributed by atoms with Gasteiger partial charge in [0.1, 0.15) is 5.82 Å². The van der Waals surface area contributed by atoms with Crippen LogP contribution in [0.1, 0.15) is 27.4 Å². The molecule has 0 saturated carbocycles. The highest BCUT2D eigenvalue weighted by molar-refractivity contribution is 6.03. The molecule has 0 fully saturated rings. The quantitative estimate of drug-likeness (QED) is 0.803. The van der Waals surface area contributed by atoms with E-state index in [4.69, 9.17) is 0 Å². The van der Waals surface area contributed by atoms with Gasteiger partial charge in [-0.05, 0) is 56.7 Å². The van der Waals surface area contributed by atoms with Crippen molar-refractivity contribution in [1.82, 2.24) is 20.0 Å². The van der Waals surface area contributed by atoms with Crippen LogP contribution in [0.4, 0.5) is 10.1 Å². The zero-order valence-electron chi connectivity index (χ0n) is 13.5. The van der Waals surface area contributed by atoms with E-state index in [9.17, 15) is 9.18 Å². The molecule has 0 atom stereocenters. The van der Waals surface area contributed by atoms with Gasteiger partial charge in [0.15, 0.2) is 5.69 Å². The molecule has 3 rings (SSSR count). The molecule has 1 amide bonds. The molecule has 3 aromatic rings. The number of carbonyl (C=O) groups is 1. The monoisotopic (exact) mass is 325 g/mol. The van der Waals surface area contributed by atoms with Gasteiger partial charge in [0.2, 0.25) is 0 Å². The van der Waals surface area contributed by atoms with Crippen LogP contribution in [0.15, 0.2) is 36.5 Å². The van der Waals surface area contributed by atoms with Crippen molar-refractivity contribution in [3.05, 3.63) is 65.0 Å². The first kappa shape index (κ1) is 15.8. The molecule has 0 bridgehead atoms. The Kier molecular flexibility index (Phi) is 4.07. The van der Waals surface area contributed by atoms with E-state index in [-0.39, 0.29) is 17.4 Å². The minimum absolute atomic E-state index is 0.165. The summed E-state index contributed by atoms with van der Waals surface area (Å²) in [5, 5.41) is 11.0. The van der Waals surface area contributed by atoms with Crippen molar-refractivity contribution in [1.29, 1.82) is 0 Å².